The predicted molar refractivity (Wildman–Crippen MR) is 113 cm³/mol. The fourth-order valence-corrected chi connectivity index (χ4v) is 6.69. The smallest absolute Gasteiger partial charge is 0.353 e. The molecule has 4 aliphatic rings. The molecule has 4 heterocycles. The molecule has 0 bridgehead atoms. The summed E-state index contributed by atoms with van der Waals surface area (Å²) >= 11 is 1.43. The summed E-state index contributed by atoms with van der Waals surface area (Å²) in [4.78, 5) is 41.1. The van der Waals surface area contributed by atoms with E-state index < -0.39 is 18.0 Å². The summed E-state index contributed by atoms with van der Waals surface area (Å²) in [5.41, 5.74) is 0.0204. The number of rotatable bonds is 6. The van der Waals surface area contributed by atoms with Gasteiger partial charge in [-0.1, -0.05) is 6.92 Å². The lowest BCUT2D eigenvalue weighted by atomic mass is 9.79. The number of aliphatic hydroxyl groups is 2. The zero-order valence-electron chi connectivity index (χ0n) is 17.7. The van der Waals surface area contributed by atoms with Crippen LogP contribution < -0.4 is 10.6 Å². The zero-order chi connectivity index (χ0) is 22.4. The van der Waals surface area contributed by atoms with E-state index in [4.69, 9.17) is 0 Å². The number of aliphatic carboxylic acids is 1. The molecule has 3 fully saturated rings. The second-order valence-corrected chi connectivity index (χ2v) is 10.2. The standard InChI is InChI=1S/C20H30N4O6S/c1-9-15-14(10(2)26)19(28)24(15)16(20(29)30)17(9)31-12-5-13(22-6-12)18(27)23-4-3-21-11(7-23)8-25/h9-15,21-22,25-26H,3-8H2,1-2H3,(H,29,30)/t9?,10?,11?,12?,13?,14?,15-/m1/s1. The fourth-order valence-electron chi connectivity index (χ4n) is 5.21. The first-order valence-corrected chi connectivity index (χ1v) is 11.6. The van der Waals surface area contributed by atoms with Crippen molar-refractivity contribution >= 4 is 29.5 Å². The number of nitrogens with zero attached hydrogens (tertiary/aromatic N) is 2. The lowest BCUT2D eigenvalue weighted by molar-refractivity contribution is -0.163. The van der Waals surface area contributed by atoms with Crippen LogP contribution in [-0.2, 0) is 14.4 Å². The van der Waals surface area contributed by atoms with Gasteiger partial charge >= 0.3 is 5.97 Å². The normalized spacial score (nSPS) is 36.5. The number of β-lactam (4-membered cyclic amide) rings is 1. The number of carboxylic acid groups (broad SMARTS) is 1. The van der Waals surface area contributed by atoms with Crippen molar-refractivity contribution in [1.82, 2.24) is 20.4 Å². The average Bonchev–Trinajstić information content (AvgIpc) is 3.29. The van der Waals surface area contributed by atoms with E-state index in [-0.39, 0.29) is 53.4 Å². The van der Waals surface area contributed by atoms with Gasteiger partial charge in [-0.05, 0) is 13.3 Å². The van der Waals surface area contributed by atoms with Crippen LogP contribution in [0.2, 0.25) is 0 Å². The fraction of sp³-hybridized carbons (Fsp3) is 0.750. The van der Waals surface area contributed by atoms with Gasteiger partial charge in [0.1, 0.15) is 5.70 Å². The highest BCUT2D eigenvalue weighted by Crippen LogP contribution is 2.51. The Kier molecular flexibility index (Phi) is 6.32. The Hall–Kier alpha value is -1.66. The number of piperazine rings is 1. The third kappa shape index (κ3) is 3.86. The highest BCUT2D eigenvalue weighted by Gasteiger charge is 2.60. The van der Waals surface area contributed by atoms with Crippen LogP contribution in [0.25, 0.3) is 0 Å². The molecule has 172 valence electrons. The number of thioether (sulfide) groups is 1. The van der Waals surface area contributed by atoms with Crippen molar-refractivity contribution in [3.8, 4) is 0 Å². The monoisotopic (exact) mass is 454 g/mol. The largest absolute Gasteiger partial charge is 0.477 e. The maximum absolute atomic E-state index is 12.9. The first-order valence-electron chi connectivity index (χ1n) is 10.8. The average molecular weight is 455 g/mol. The maximum atomic E-state index is 12.9. The Labute approximate surface area is 185 Å². The number of fused-ring (bicyclic) bond motifs is 1. The van der Waals surface area contributed by atoms with Gasteiger partial charge in [-0.15, -0.1) is 11.8 Å². The van der Waals surface area contributed by atoms with E-state index in [0.717, 1.165) is 0 Å². The van der Waals surface area contributed by atoms with Crippen LogP contribution >= 0.6 is 11.8 Å². The highest BCUT2D eigenvalue weighted by atomic mass is 32.2. The molecule has 0 aromatic carbocycles. The third-order valence-electron chi connectivity index (χ3n) is 6.78. The summed E-state index contributed by atoms with van der Waals surface area (Å²) in [5, 5.41) is 35.5. The van der Waals surface area contributed by atoms with Crippen molar-refractivity contribution in [3.63, 3.8) is 0 Å². The Morgan fingerprint density at radius 3 is 2.71 bits per heavy atom. The molecular weight excluding hydrogens is 424 g/mol. The minimum Gasteiger partial charge on any atom is -0.477 e. The molecule has 11 heteroatoms. The molecule has 0 spiro atoms. The van der Waals surface area contributed by atoms with Gasteiger partial charge in [0.2, 0.25) is 11.8 Å². The quantitative estimate of drug-likeness (QED) is 0.300. The molecule has 7 atom stereocenters. The minimum atomic E-state index is -1.14. The van der Waals surface area contributed by atoms with Gasteiger partial charge in [0.05, 0.1) is 30.7 Å². The first-order chi connectivity index (χ1) is 14.7. The third-order valence-corrected chi connectivity index (χ3v) is 8.29. The number of carboxylic acids is 1. The molecule has 0 aromatic rings. The van der Waals surface area contributed by atoms with E-state index in [1.165, 1.54) is 16.7 Å². The lowest BCUT2D eigenvalue weighted by Gasteiger charge is -2.46. The van der Waals surface area contributed by atoms with E-state index in [2.05, 4.69) is 10.6 Å². The van der Waals surface area contributed by atoms with Crippen LogP contribution in [0.3, 0.4) is 0 Å². The first kappa shape index (κ1) is 22.5. The molecule has 0 saturated carbocycles. The summed E-state index contributed by atoms with van der Waals surface area (Å²) < 4.78 is 0. The molecule has 2 amide bonds. The molecule has 0 aliphatic carbocycles. The molecule has 31 heavy (non-hydrogen) atoms. The second-order valence-electron chi connectivity index (χ2n) is 8.83. The van der Waals surface area contributed by atoms with Gasteiger partial charge < -0.3 is 35.8 Å². The Morgan fingerprint density at radius 1 is 1.32 bits per heavy atom. The van der Waals surface area contributed by atoms with Gasteiger partial charge in [-0.25, -0.2) is 4.79 Å². The summed E-state index contributed by atoms with van der Waals surface area (Å²) in [6.07, 6.45) is -0.258. The molecular formula is C20H30N4O6S. The van der Waals surface area contributed by atoms with Crippen LogP contribution in [0.5, 0.6) is 0 Å². The minimum absolute atomic E-state index is 0.00289. The number of nitrogens with one attached hydrogen (secondary N) is 2. The molecule has 5 N–H and O–H groups in total. The van der Waals surface area contributed by atoms with Crippen LogP contribution in [0, 0.1) is 11.8 Å². The van der Waals surface area contributed by atoms with Crippen LogP contribution in [-0.4, -0.2) is 105 Å². The van der Waals surface area contributed by atoms with Crippen LogP contribution in [0.4, 0.5) is 0 Å². The number of carbonyl (C=O) groups excluding carboxylic acids is 2. The van der Waals surface area contributed by atoms with Crippen molar-refractivity contribution in [2.75, 3.05) is 32.8 Å². The maximum Gasteiger partial charge on any atom is 0.353 e. The number of hydrogen-bond acceptors (Lipinski definition) is 8. The lowest BCUT2D eigenvalue weighted by Crippen LogP contribution is -2.63. The zero-order valence-corrected chi connectivity index (χ0v) is 18.5. The molecule has 0 aromatic heterocycles. The predicted octanol–water partition coefficient (Wildman–Crippen LogP) is -1.60. The number of hydrogen-bond donors (Lipinski definition) is 5. The van der Waals surface area contributed by atoms with Gasteiger partial charge in [-0.3, -0.25) is 9.59 Å². The summed E-state index contributed by atoms with van der Waals surface area (Å²) in [5.74, 6) is -2.23. The highest BCUT2D eigenvalue weighted by molar-refractivity contribution is 8.03. The molecule has 4 rings (SSSR count). The summed E-state index contributed by atoms with van der Waals surface area (Å²) in [6, 6.07) is -0.788. The second kappa shape index (κ2) is 8.70. The molecule has 6 unspecified atom stereocenters. The van der Waals surface area contributed by atoms with Crippen molar-refractivity contribution in [1.29, 1.82) is 0 Å². The van der Waals surface area contributed by atoms with Crippen molar-refractivity contribution in [3.05, 3.63) is 10.6 Å². The Bertz CT molecular complexity index is 805. The van der Waals surface area contributed by atoms with Gasteiger partial charge in [0, 0.05) is 48.3 Å². The van der Waals surface area contributed by atoms with Gasteiger partial charge in [0.15, 0.2) is 0 Å². The van der Waals surface area contributed by atoms with E-state index >= 15 is 0 Å². The van der Waals surface area contributed by atoms with E-state index in [9.17, 15) is 29.7 Å². The number of carbonyl (C=O) groups is 3. The van der Waals surface area contributed by atoms with E-state index in [0.29, 0.717) is 37.5 Å². The molecule has 4 aliphatic heterocycles. The van der Waals surface area contributed by atoms with Crippen LogP contribution in [0.1, 0.15) is 20.3 Å². The topological polar surface area (TPSA) is 142 Å². The Morgan fingerprint density at radius 2 is 2.06 bits per heavy atom. The number of amides is 2. The molecule has 0 radical (unpaired) electrons. The van der Waals surface area contributed by atoms with Crippen molar-refractivity contribution in [2.24, 2.45) is 11.8 Å². The SMILES string of the molecule is CC(O)C1C(=O)N2C(C(=O)O)=C(SC3CNC(C(=O)N4CCNC(CO)C4)C3)C(C)[C@H]12. The number of aliphatic hydroxyl groups excluding tert-OH is 2. The van der Waals surface area contributed by atoms with Gasteiger partial charge in [0.25, 0.3) is 0 Å². The molecule has 10 nitrogen and oxygen atoms in total. The molecule has 3 saturated heterocycles. The van der Waals surface area contributed by atoms with E-state index in [1.54, 1.807) is 11.8 Å². The Balaban J connectivity index is 1.43. The van der Waals surface area contributed by atoms with Crippen LogP contribution in [0.15, 0.2) is 10.6 Å². The van der Waals surface area contributed by atoms with Crippen molar-refractivity contribution in [2.45, 2.75) is 49.7 Å². The summed E-state index contributed by atoms with van der Waals surface area (Å²) in [6.45, 7) is 5.72. The van der Waals surface area contributed by atoms with Gasteiger partial charge in [-0.2, -0.15) is 0 Å². The summed E-state index contributed by atoms with van der Waals surface area (Å²) in [7, 11) is 0. The van der Waals surface area contributed by atoms with Crippen molar-refractivity contribution < 1.29 is 29.7 Å². The van der Waals surface area contributed by atoms with E-state index in [1.807, 2.05) is 6.92 Å².